The highest BCUT2D eigenvalue weighted by atomic mass is 16.2. The number of carbonyl (C=O) groups excluding carboxylic acids is 2. The zero-order valence-corrected chi connectivity index (χ0v) is 13.6. The molecule has 2 amide bonds. The molecule has 0 rings (SSSR count). The van der Waals surface area contributed by atoms with Crippen molar-refractivity contribution in [3.63, 3.8) is 0 Å². The Morgan fingerprint density at radius 3 is 2.15 bits per heavy atom. The van der Waals surface area contributed by atoms with E-state index in [1.54, 1.807) is 0 Å². The highest BCUT2D eigenvalue weighted by Crippen LogP contribution is 1.99. The molecule has 0 unspecified atom stereocenters. The van der Waals surface area contributed by atoms with Gasteiger partial charge in [-0.05, 0) is 25.7 Å². The Labute approximate surface area is 124 Å². The predicted molar refractivity (Wildman–Crippen MR) is 84.4 cm³/mol. The number of nitrogens with two attached hydrogens (primary N) is 1. The van der Waals surface area contributed by atoms with Crippen molar-refractivity contribution in [2.45, 2.75) is 72.3 Å². The zero-order chi connectivity index (χ0) is 15.8. The van der Waals surface area contributed by atoms with Gasteiger partial charge in [0.25, 0.3) is 0 Å². The van der Waals surface area contributed by atoms with Crippen LogP contribution in [0.5, 0.6) is 0 Å². The van der Waals surface area contributed by atoms with Gasteiger partial charge in [-0.1, -0.05) is 34.1 Å². The summed E-state index contributed by atoms with van der Waals surface area (Å²) in [6.07, 6.45) is 4.95. The minimum atomic E-state index is -0.427. The number of unbranched alkanes of at least 4 members (excludes halogenated alkanes) is 2. The SMILES string of the molecule is CC.CCCCNC(=O)[C@@H](N)CCCCNC(=O)CC. The van der Waals surface area contributed by atoms with Crippen LogP contribution in [0.25, 0.3) is 0 Å². The van der Waals surface area contributed by atoms with Crippen LogP contribution < -0.4 is 16.4 Å². The summed E-state index contributed by atoms with van der Waals surface area (Å²) in [4.78, 5) is 22.5. The highest BCUT2D eigenvalue weighted by Gasteiger charge is 2.11. The van der Waals surface area contributed by atoms with Crippen molar-refractivity contribution in [3.8, 4) is 0 Å². The largest absolute Gasteiger partial charge is 0.356 e. The average Bonchev–Trinajstić information content (AvgIpc) is 2.48. The van der Waals surface area contributed by atoms with E-state index in [-0.39, 0.29) is 11.8 Å². The van der Waals surface area contributed by atoms with Crippen molar-refractivity contribution in [1.82, 2.24) is 10.6 Å². The molecule has 0 saturated heterocycles. The van der Waals surface area contributed by atoms with E-state index in [9.17, 15) is 9.59 Å². The number of nitrogens with one attached hydrogen (secondary N) is 2. The highest BCUT2D eigenvalue weighted by molar-refractivity contribution is 5.81. The van der Waals surface area contributed by atoms with Crippen LogP contribution in [-0.2, 0) is 9.59 Å². The van der Waals surface area contributed by atoms with Crippen molar-refractivity contribution in [2.24, 2.45) is 5.73 Å². The first-order chi connectivity index (χ1) is 9.61. The summed E-state index contributed by atoms with van der Waals surface area (Å²) in [5.74, 6) is -0.00218. The Morgan fingerprint density at radius 2 is 1.60 bits per heavy atom. The Balaban J connectivity index is 0. The van der Waals surface area contributed by atoms with Crippen LogP contribution in [0.3, 0.4) is 0 Å². The number of amides is 2. The van der Waals surface area contributed by atoms with E-state index >= 15 is 0 Å². The third-order valence-corrected chi connectivity index (χ3v) is 2.75. The summed E-state index contributed by atoms with van der Waals surface area (Å²) >= 11 is 0. The molecule has 0 aliphatic carbocycles. The average molecular weight is 287 g/mol. The van der Waals surface area contributed by atoms with E-state index in [1.807, 2.05) is 20.8 Å². The van der Waals surface area contributed by atoms with E-state index in [2.05, 4.69) is 17.6 Å². The molecule has 0 saturated carbocycles. The molecule has 0 aromatic rings. The molecule has 0 bridgehead atoms. The summed E-state index contributed by atoms with van der Waals surface area (Å²) in [6, 6.07) is -0.427. The number of rotatable bonds is 10. The van der Waals surface area contributed by atoms with Crippen LogP contribution in [0.4, 0.5) is 0 Å². The molecule has 5 heteroatoms. The number of hydrogen-bond donors (Lipinski definition) is 3. The summed E-state index contributed by atoms with van der Waals surface area (Å²) < 4.78 is 0. The molecule has 0 aliphatic rings. The van der Waals surface area contributed by atoms with Gasteiger partial charge in [-0.2, -0.15) is 0 Å². The maximum Gasteiger partial charge on any atom is 0.236 e. The van der Waals surface area contributed by atoms with Crippen LogP contribution in [0.2, 0.25) is 0 Å². The van der Waals surface area contributed by atoms with Gasteiger partial charge in [0, 0.05) is 19.5 Å². The number of hydrogen-bond acceptors (Lipinski definition) is 3. The lowest BCUT2D eigenvalue weighted by atomic mass is 10.1. The lowest BCUT2D eigenvalue weighted by Crippen LogP contribution is -2.40. The summed E-state index contributed by atoms with van der Waals surface area (Å²) in [7, 11) is 0. The zero-order valence-electron chi connectivity index (χ0n) is 13.6. The molecule has 0 aromatic heterocycles. The fraction of sp³-hybridized carbons (Fsp3) is 0.867. The monoisotopic (exact) mass is 287 g/mol. The van der Waals surface area contributed by atoms with Crippen molar-refractivity contribution in [2.75, 3.05) is 13.1 Å². The molecule has 0 spiro atoms. The molecular formula is C15H33N3O2. The molecule has 0 aliphatic heterocycles. The number of carbonyl (C=O) groups is 2. The third kappa shape index (κ3) is 13.3. The van der Waals surface area contributed by atoms with Gasteiger partial charge in [0.2, 0.25) is 11.8 Å². The Hall–Kier alpha value is -1.10. The van der Waals surface area contributed by atoms with Gasteiger partial charge in [0.05, 0.1) is 6.04 Å². The second-order valence-electron chi connectivity index (χ2n) is 4.45. The van der Waals surface area contributed by atoms with Crippen LogP contribution in [0.1, 0.15) is 66.2 Å². The van der Waals surface area contributed by atoms with Crippen molar-refractivity contribution in [3.05, 3.63) is 0 Å². The van der Waals surface area contributed by atoms with Crippen molar-refractivity contribution in [1.29, 1.82) is 0 Å². The van der Waals surface area contributed by atoms with Gasteiger partial charge in [-0.3, -0.25) is 9.59 Å². The van der Waals surface area contributed by atoms with E-state index in [0.29, 0.717) is 25.9 Å². The fourth-order valence-electron chi connectivity index (χ4n) is 1.49. The topological polar surface area (TPSA) is 84.2 Å². The van der Waals surface area contributed by atoms with Gasteiger partial charge < -0.3 is 16.4 Å². The first-order valence-electron chi connectivity index (χ1n) is 7.91. The first-order valence-corrected chi connectivity index (χ1v) is 7.91. The van der Waals surface area contributed by atoms with Crippen LogP contribution in [-0.4, -0.2) is 30.9 Å². The maximum atomic E-state index is 11.5. The molecular weight excluding hydrogens is 254 g/mol. The first kappa shape index (κ1) is 21.2. The molecule has 0 fully saturated rings. The minimum Gasteiger partial charge on any atom is -0.356 e. The van der Waals surface area contributed by atoms with Crippen LogP contribution in [0, 0.1) is 0 Å². The molecule has 120 valence electrons. The lowest BCUT2D eigenvalue weighted by Gasteiger charge is -2.12. The summed E-state index contributed by atoms with van der Waals surface area (Å²) in [5.41, 5.74) is 5.77. The summed E-state index contributed by atoms with van der Waals surface area (Å²) in [6.45, 7) is 9.27. The normalized spacial score (nSPS) is 11.1. The van der Waals surface area contributed by atoms with Gasteiger partial charge >= 0.3 is 0 Å². The van der Waals surface area contributed by atoms with Gasteiger partial charge in [-0.25, -0.2) is 0 Å². The molecule has 4 N–H and O–H groups in total. The van der Waals surface area contributed by atoms with Gasteiger partial charge in [0.15, 0.2) is 0 Å². The Bertz CT molecular complexity index is 245. The van der Waals surface area contributed by atoms with E-state index in [1.165, 1.54) is 0 Å². The standard InChI is InChI=1S/C13H27N3O2.C2H6/c1-3-5-9-16-13(18)11(14)8-6-7-10-15-12(17)4-2;1-2/h11H,3-10,14H2,1-2H3,(H,15,17)(H,16,18);1-2H3/t11-;/m0./s1. The Morgan fingerprint density at radius 1 is 1.00 bits per heavy atom. The fourth-order valence-corrected chi connectivity index (χ4v) is 1.49. The van der Waals surface area contributed by atoms with Crippen molar-refractivity contribution >= 4 is 11.8 Å². The van der Waals surface area contributed by atoms with Gasteiger partial charge in [0.1, 0.15) is 0 Å². The van der Waals surface area contributed by atoms with E-state index < -0.39 is 6.04 Å². The Kier molecular flexibility index (Phi) is 16.9. The van der Waals surface area contributed by atoms with E-state index in [0.717, 1.165) is 25.7 Å². The second kappa shape index (κ2) is 16.0. The molecule has 0 aromatic carbocycles. The van der Waals surface area contributed by atoms with Crippen LogP contribution >= 0.6 is 0 Å². The van der Waals surface area contributed by atoms with Gasteiger partial charge in [-0.15, -0.1) is 0 Å². The molecule has 0 radical (unpaired) electrons. The quantitative estimate of drug-likeness (QED) is 0.537. The molecule has 0 heterocycles. The molecule has 1 atom stereocenters. The summed E-state index contributed by atoms with van der Waals surface area (Å²) in [5, 5.41) is 5.61. The lowest BCUT2D eigenvalue weighted by molar-refractivity contribution is -0.123. The smallest absolute Gasteiger partial charge is 0.236 e. The molecule has 20 heavy (non-hydrogen) atoms. The predicted octanol–water partition coefficient (Wildman–Crippen LogP) is 1.95. The second-order valence-corrected chi connectivity index (χ2v) is 4.45. The maximum absolute atomic E-state index is 11.5. The third-order valence-electron chi connectivity index (χ3n) is 2.75. The molecule has 5 nitrogen and oxygen atoms in total. The minimum absolute atomic E-state index is 0.0663. The van der Waals surface area contributed by atoms with Crippen LogP contribution in [0.15, 0.2) is 0 Å². The van der Waals surface area contributed by atoms with Crippen molar-refractivity contribution < 1.29 is 9.59 Å². The van der Waals surface area contributed by atoms with E-state index in [4.69, 9.17) is 5.73 Å².